The molecule has 0 bridgehead atoms. The van der Waals surface area contributed by atoms with Crippen molar-refractivity contribution in [2.24, 2.45) is 0 Å². The maximum Gasteiger partial charge on any atom is -0.0198 e. The van der Waals surface area contributed by atoms with Gasteiger partial charge in [0.1, 0.15) is 0 Å². The van der Waals surface area contributed by atoms with Crippen molar-refractivity contribution in [1.29, 1.82) is 0 Å². The third-order valence-corrected chi connectivity index (χ3v) is 10.6. The summed E-state index contributed by atoms with van der Waals surface area (Å²) in [5.41, 5.74) is 0. The molecule has 3 heteroatoms. The number of hydrogen-bond donors (Lipinski definition) is 0. The first-order chi connectivity index (χ1) is 19.8. The van der Waals surface area contributed by atoms with Crippen molar-refractivity contribution >= 4 is 56.9 Å². The van der Waals surface area contributed by atoms with Gasteiger partial charge in [0.05, 0.1) is 0 Å². The monoisotopic (exact) mass is 572 g/mol. The van der Waals surface area contributed by atoms with Gasteiger partial charge in [-0.05, 0) is 46.4 Å². The Balaban J connectivity index is 0.000000139. The van der Waals surface area contributed by atoms with Crippen molar-refractivity contribution in [2.75, 3.05) is 6.66 Å². The summed E-state index contributed by atoms with van der Waals surface area (Å²) in [4.78, 5) is 0. The van der Waals surface area contributed by atoms with Crippen molar-refractivity contribution < 1.29 is 0 Å². The lowest BCUT2D eigenvalue weighted by molar-refractivity contribution is 1.75. The van der Waals surface area contributed by atoms with Gasteiger partial charge in [0.2, 0.25) is 0 Å². The summed E-state index contributed by atoms with van der Waals surface area (Å²) in [5.74, 6) is 0. The van der Waals surface area contributed by atoms with Crippen LogP contribution in [0.5, 0.6) is 0 Å². The molecule has 0 aliphatic rings. The van der Waals surface area contributed by atoms with Gasteiger partial charge in [0.15, 0.2) is 0 Å². The molecule has 0 aromatic heterocycles. The molecule has 198 valence electrons. The molecular formula is C37H35P3. The van der Waals surface area contributed by atoms with Gasteiger partial charge < -0.3 is 0 Å². The molecule has 0 N–H and O–H groups in total. The zero-order valence-electron chi connectivity index (χ0n) is 22.8. The minimum atomic E-state index is -0.171. The second-order valence-electron chi connectivity index (χ2n) is 8.94. The second kappa shape index (κ2) is 17.3. The van der Waals surface area contributed by atoms with Crippen LogP contribution in [-0.2, 0) is 0 Å². The van der Waals surface area contributed by atoms with Gasteiger partial charge in [-0.2, -0.15) is 0 Å². The average Bonchev–Trinajstić information content (AvgIpc) is 3.04. The molecule has 0 saturated carbocycles. The van der Waals surface area contributed by atoms with Gasteiger partial charge in [0.25, 0.3) is 0 Å². The number of rotatable bonds is 6. The Morgan fingerprint density at radius 1 is 0.300 bits per heavy atom. The molecule has 0 nitrogen and oxygen atoms in total. The Bertz CT molecular complexity index is 1270. The van der Waals surface area contributed by atoms with E-state index >= 15 is 0 Å². The molecule has 6 rings (SSSR count). The third-order valence-electron chi connectivity index (χ3n) is 5.96. The highest BCUT2D eigenvalue weighted by atomic mass is 31.1. The van der Waals surface area contributed by atoms with Crippen molar-refractivity contribution in [3.8, 4) is 0 Å². The lowest BCUT2D eigenvalue weighted by Crippen LogP contribution is -2.09. The van der Waals surface area contributed by atoms with E-state index in [1.807, 2.05) is 0 Å². The van der Waals surface area contributed by atoms with Crippen molar-refractivity contribution in [3.05, 3.63) is 182 Å². The molecule has 0 atom stereocenters. The van der Waals surface area contributed by atoms with Gasteiger partial charge in [0, 0.05) is 0 Å². The highest BCUT2D eigenvalue weighted by Gasteiger charge is 2.05. The van der Waals surface area contributed by atoms with Crippen molar-refractivity contribution in [2.45, 2.75) is 0 Å². The minimum absolute atomic E-state index is 0.171. The van der Waals surface area contributed by atoms with E-state index in [0.29, 0.717) is 0 Å². The predicted octanol–water partition coefficient (Wildman–Crippen LogP) is 7.38. The van der Waals surface area contributed by atoms with Crippen LogP contribution in [0.4, 0.5) is 0 Å². The fraction of sp³-hybridized carbons (Fsp3) is 0.0270. The Morgan fingerprint density at radius 2 is 0.500 bits per heavy atom. The summed E-state index contributed by atoms with van der Waals surface area (Å²) in [7, 11) is 1.38. The summed E-state index contributed by atoms with van der Waals surface area (Å²) in [5, 5.41) is 8.46. The highest BCUT2D eigenvalue weighted by molar-refractivity contribution is 7.72. The topological polar surface area (TPSA) is 0 Å². The summed E-state index contributed by atoms with van der Waals surface area (Å²) in [6.07, 6.45) is 0. The van der Waals surface area contributed by atoms with Crippen LogP contribution in [-0.4, -0.2) is 6.66 Å². The second-order valence-corrected chi connectivity index (χ2v) is 13.9. The molecule has 0 heterocycles. The van der Waals surface area contributed by atoms with E-state index in [0.717, 1.165) is 17.2 Å². The Labute approximate surface area is 244 Å². The Hall–Kier alpha value is -3.39. The van der Waals surface area contributed by atoms with E-state index in [9.17, 15) is 0 Å². The fourth-order valence-electron chi connectivity index (χ4n) is 3.87. The van der Waals surface area contributed by atoms with Crippen molar-refractivity contribution in [3.63, 3.8) is 0 Å². The van der Waals surface area contributed by atoms with Crippen LogP contribution < -0.4 is 31.8 Å². The van der Waals surface area contributed by atoms with Gasteiger partial charge in [-0.1, -0.05) is 199 Å². The lowest BCUT2D eigenvalue weighted by Gasteiger charge is -2.12. The quantitative estimate of drug-likeness (QED) is 0.183. The molecule has 0 spiro atoms. The van der Waals surface area contributed by atoms with E-state index in [1.54, 1.807) is 0 Å². The molecule has 6 aromatic carbocycles. The van der Waals surface area contributed by atoms with Crippen LogP contribution in [0.2, 0.25) is 0 Å². The lowest BCUT2D eigenvalue weighted by atomic mass is 10.4. The zero-order valence-corrected chi connectivity index (χ0v) is 25.7. The summed E-state index contributed by atoms with van der Waals surface area (Å²) < 4.78 is 0. The largest absolute Gasteiger partial charge is 0.0622 e. The molecule has 0 aliphatic carbocycles. The van der Waals surface area contributed by atoms with Gasteiger partial charge in [-0.15, -0.1) is 0 Å². The maximum absolute atomic E-state index is 2.31. The average molecular weight is 573 g/mol. The maximum atomic E-state index is 2.31. The molecular weight excluding hydrogens is 537 g/mol. The SMILES string of the molecule is CP(c1ccccc1)c1ccccc1.c1ccc(Pc2ccccc2)cc1.c1ccc(Pc2ccccc2)cc1. The number of hydrogen-bond acceptors (Lipinski definition) is 0. The van der Waals surface area contributed by atoms with E-state index in [-0.39, 0.29) is 7.92 Å². The molecule has 0 aliphatic heterocycles. The standard InChI is InChI=1S/C13H13P.2C12H11P/c1-14(12-8-4-2-5-9-12)13-10-6-3-7-11-13;2*1-3-7-11(8-4-1)13-12-9-5-2-6-10-12/h2-11H,1H3;2*1-10,13H. The third kappa shape index (κ3) is 10.6. The zero-order chi connectivity index (χ0) is 27.7. The summed E-state index contributed by atoms with van der Waals surface area (Å²) in [6.45, 7) is 2.31. The van der Waals surface area contributed by atoms with Crippen LogP contribution in [0.3, 0.4) is 0 Å². The fourth-order valence-corrected chi connectivity index (χ4v) is 7.51. The predicted molar refractivity (Wildman–Crippen MR) is 186 cm³/mol. The molecule has 0 saturated heterocycles. The molecule has 0 unspecified atom stereocenters. The number of benzene rings is 6. The van der Waals surface area contributed by atoms with Crippen LogP contribution in [0.15, 0.2) is 182 Å². The molecule has 40 heavy (non-hydrogen) atoms. The highest BCUT2D eigenvalue weighted by Crippen LogP contribution is 2.27. The van der Waals surface area contributed by atoms with Crippen molar-refractivity contribution in [1.82, 2.24) is 0 Å². The van der Waals surface area contributed by atoms with Crippen LogP contribution in [0.25, 0.3) is 0 Å². The molecule has 0 radical (unpaired) electrons. The first-order valence-electron chi connectivity index (χ1n) is 13.4. The molecule has 0 amide bonds. The summed E-state index contributed by atoms with van der Waals surface area (Å²) in [6, 6.07) is 63.7. The first-order valence-corrected chi connectivity index (χ1v) is 17.1. The van der Waals surface area contributed by atoms with Gasteiger partial charge in [-0.25, -0.2) is 0 Å². The van der Waals surface area contributed by atoms with E-state index in [1.165, 1.54) is 31.8 Å². The smallest absolute Gasteiger partial charge is 0.0198 e. The normalized spacial score (nSPS) is 10.1. The molecule has 6 aromatic rings. The molecule has 0 fully saturated rings. The first kappa shape index (κ1) is 29.6. The van der Waals surface area contributed by atoms with Crippen LogP contribution in [0.1, 0.15) is 0 Å². The summed E-state index contributed by atoms with van der Waals surface area (Å²) >= 11 is 0. The van der Waals surface area contributed by atoms with Gasteiger partial charge >= 0.3 is 0 Å². The minimum Gasteiger partial charge on any atom is -0.0622 e. The van der Waals surface area contributed by atoms with E-state index in [2.05, 4.69) is 189 Å². The Kier molecular flexibility index (Phi) is 12.8. The Morgan fingerprint density at radius 3 is 0.725 bits per heavy atom. The van der Waals surface area contributed by atoms with Crippen LogP contribution in [0, 0.1) is 0 Å². The van der Waals surface area contributed by atoms with Crippen LogP contribution >= 0.6 is 25.1 Å². The van der Waals surface area contributed by atoms with E-state index in [4.69, 9.17) is 0 Å². The van der Waals surface area contributed by atoms with E-state index < -0.39 is 0 Å². The van der Waals surface area contributed by atoms with Gasteiger partial charge in [-0.3, -0.25) is 0 Å².